The van der Waals surface area contributed by atoms with Gasteiger partial charge in [-0.05, 0) is 56.7 Å². The van der Waals surface area contributed by atoms with Crippen molar-refractivity contribution in [1.29, 1.82) is 0 Å². The second-order valence-electron chi connectivity index (χ2n) is 8.63. The Balaban J connectivity index is 1.44. The molecule has 0 radical (unpaired) electrons. The molecule has 2 aromatic heterocycles. The third-order valence-electron chi connectivity index (χ3n) is 6.10. The third kappa shape index (κ3) is 4.28. The first-order valence-corrected chi connectivity index (χ1v) is 11.1. The van der Waals surface area contributed by atoms with Crippen LogP contribution in [0.15, 0.2) is 36.4 Å². The highest BCUT2D eigenvalue weighted by Gasteiger charge is 2.27. The van der Waals surface area contributed by atoms with Gasteiger partial charge in [-0.2, -0.15) is 0 Å². The zero-order valence-corrected chi connectivity index (χ0v) is 18.3. The lowest BCUT2D eigenvalue weighted by molar-refractivity contribution is -0.123. The summed E-state index contributed by atoms with van der Waals surface area (Å²) in [5.41, 5.74) is 2.27. The summed E-state index contributed by atoms with van der Waals surface area (Å²) in [6.07, 6.45) is 5.43. The van der Waals surface area contributed by atoms with E-state index in [0.717, 1.165) is 41.0 Å². The highest BCUT2D eigenvalue weighted by Crippen LogP contribution is 2.36. The Morgan fingerprint density at radius 3 is 2.67 bits per heavy atom. The predicted molar refractivity (Wildman–Crippen MR) is 119 cm³/mol. The molecule has 1 aromatic carbocycles. The molecule has 1 fully saturated rings. The van der Waals surface area contributed by atoms with Crippen molar-refractivity contribution in [1.82, 2.24) is 14.5 Å². The topological polar surface area (TPSA) is 68.0 Å². The van der Waals surface area contributed by atoms with Crippen molar-refractivity contribution in [2.24, 2.45) is 0 Å². The number of aromatic nitrogens is 3. The van der Waals surface area contributed by atoms with E-state index in [9.17, 15) is 9.90 Å². The monoisotopic (exact) mass is 425 g/mol. The number of carbonyl (C=O) groups is 1. The Morgan fingerprint density at radius 2 is 2.00 bits per heavy atom. The van der Waals surface area contributed by atoms with Crippen LogP contribution in [-0.4, -0.2) is 25.4 Å². The summed E-state index contributed by atoms with van der Waals surface area (Å²) in [6, 6.07) is 11.8. The second kappa shape index (κ2) is 8.48. The molecule has 1 N–H and O–H groups in total. The van der Waals surface area contributed by atoms with Crippen molar-refractivity contribution in [2.45, 2.75) is 70.4 Å². The van der Waals surface area contributed by atoms with Crippen LogP contribution in [0.3, 0.4) is 0 Å². The van der Waals surface area contributed by atoms with Gasteiger partial charge in [0.2, 0.25) is 0 Å². The molecule has 2 heterocycles. The van der Waals surface area contributed by atoms with Crippen molar-refractivity contribution in [3.63, 3.8) is 0 Å². The van der Waals surface area contributed by atoms with Crippen molar-refractivity contribution in [3.8, 4) is 0 Å². The Hall–Kier alpha value is -2.24. The Bertz CT molecular complexity index is 1060. The summed E-state index contributed by atoms with van der Waals surface area (Å²) >= 11 is 6.27. The van der Waals surface area contributed by atoms with E-state index in [1.165, 1.54) is 6.42 Å². The van der Waals surface area contributed by atoms with Gasteiger partial charge < -0.3 is 9.67 Å². The van der Waals surface area contributed by atoms with Gasteiger partial charge in [-0.25, -0.2) is 9.97 Å². The zero-order chi connectivity index (χ0) is 21.3. The van der Waals surface area contributed by atoms with Gasteiger partial charge in [-0.15, -0.1) is 0 Å². The number of carbonyl (C=O) groups excluding carboxylic acids is 1. The van der Waals surface area contributed by atoms with E-state index in [0.29, 0.717) is 30.5 Å². The van der Waals surface area contributed by atoms with Crippen LogP contribution in [-0.2, 0) is 16.8 Å². The minimum atomic E-state index is -1.14. The molecular formula is C24H28ClN3O2. The number of hydrogen-bond acceptors (Lipinski definition) is 4. The molecule has 1 atom stereocenters. The number of rotatable bonds is 8. The number of pyridine rings is 1. The number of nitrogens with zero attached hydrogens (tertiary/aromatic N) is 3. The highest BCUT2D eigenvalue weighted by atomic mass is 35.5. The standard InChI is InChI=1S/C24H28ClN3O2/c1-16-14-20-23(27-22(16)25)28(18-10-6-11-18)21(26-20)13-7-12-19(29)15-24(2,30)17-8-4-3-5-9-17/h3-5,8-9,14,18,30H,6-7,10-13,15H2,1-2H3/t24-/m0/s1. The van der Waals surface area contributed by atoms with E-state index in [2.05, 4.69) is 9.55 Å². The van der Waals surface area contributed by atoms with Crippen LogP contribution in [0.25, 0.3) is 11.2 Å². The molecule has 0 spiro atoms. The maximum atomic E-state index is 12.6. The summed E-state index contributed by atoms with van der Waals surface area (Å²) in [7, 11) is 0. The molecule has 1 saturated carbocycles. The minimum Gasteiger partial charge on any atom is -0.385 e. The van der Waals surface area contributed by atoms with Crippen molar-refractivity contribution in [2.75, 3.05) is 0 Å². The van der Waals surface area contributed by atoms with E-state index < -0.39 is 5.60 Å². The van der Waals surface area contributed by atoms with Gasteiger partial charge in [0.25, 0.3) is 0 Å². The van der Waals surface area contributed by atoms with Gasteiger partial charge in [-0.1, -0.05) is 41.9 Å². The van der Waals surface area contributed by atoms with E-state index in [1.807, 2.05) is 43.3 Å². The first kappa shape index (κ1) is 21.0. The molecule has 5 nitrogen and oxygen atoms in total. The number of aryl methyl sites for hydroxylation is 2. The van der Waals surface area contributed by atoms with Crippen LogP contribution < -0.4 is 0 Å². The molecule has 0 amide bonds. The third-order valence-corrected chi connectivity index (χ3v) is 6.48. The van der Waals surface area contributed by atoms with Gasteiger partial charge in [-0.3, -0.25) is 4.79 Å². The number of Topliss-reactive ketones (excluding diaryl/α,β-unsaturated/α-hetero) is 1. The summed E-state index contributed by atoms with van der Waals surface area (Å²) in [5.74, 6) is 1.04. The Kier molecular flexibility index (Phi) is 5.94. The van der Waals surface area contributed by atoms with Crippen LogP contribution in [0.1, 0.15) is 68.4 Å². The molecule has 6 heteroatoms. The highest BCUT2D eigenvalue weighted by molar-refractivity contribution is 6.30. The van der Waals surface area contributed by atoms with Gasteiger partial charge >= 0.3 is 0 Å². The second-order valence-corrected chi connectivity index (χ2v) is 8.99. The molecule has 1 aliphatic rings. The minimum absolute atomic E-state index is 0.0622. The summed E-state index contributed by atoms with van der Waals surface area (Å²) < 4.78 is 2.23. The number of halogens is 1. The molecule has 0 aliphatic heterocycles. The average Bonchev–Trinajstić information content (AvgIpc) is 2.98. The van der Waals surface area contributed by atoms with Crippen LogP contribution in [0.4, 0.5) is 0 Å². The quantitative estimate of drug-likeness (QED) is 0.496. The number of imidazole rings is 1. The van der Waals surface area contributed by atoms with Crippen molar-refractivity contribution < 1.29 is 9.90 Å². The van der Waals surface area contributed by atoms with E-state index in [4.69, 9.17) is 16.6 Å². The Labute approximate surface area is 182 Å². The molecule has 4 rings (SSSR count). The molecule has 3 aromatic rings. The first-order valence-electron chi connectivity index (χ1n) is 10.7. The number of ketones is 1. The Morgan fingerprint density at radius 1 is 1.27 bits per heavy atom. The molecule has 30 heavy (non-hydrogen) atoms. The van der Waals surface area contributed by atoms with Gasteiger partial charge in [0, 0.05) is 25.3 Å². The summed E-state index contributed by atoms with van der Waals surface area (Å²) in [5, 5.41) is 11.2. The smallest absolute Gasteiger partial charge is 0.162 e. The molecule has 0 unspecified atom stereocenters. The molecule has 158 valence electrons. The normalized spacial score (nSPS) is 16.4. The zero-order valence-electron chi connectivity index (χ0n) is 17.6. The molecular weight excluding hydrogens is 398 g/mol. The summed E-state index contributed by atoms with van der Waals surface area (Å²) in [4.78, 5) is 22.0. The van der Waals surface area contributed by atoms with Gasteiger partial charge in [0.1, 0.15) is 22.3 Å². The van der Waals surface area contributed by atoms with E-state index in [1.54, 1.807) is 6.92 Å². The summed E-state index contributed by atoms with van der Waals surface area (Å²) in [6.45, 7) is 3.64. The number of aliphatic hydroxyl groups is 1. The maximum Gasteiger partial charge on any atom is 0.162 e. The van der Waals surface area contributed by atoms with Crippen LogP contribution in [0.2, 0.25) is 5.15 Å². The largest absolute Gasteiger partial charge is 0.385 e. The van der Waals surface area contributed by atoms with E-state index >= 15 is 0 Å². The lowest BCUT2D eigenvalue weighted by Gasteiger charge is -2.28. The van der Waals surface area contributed by atoms with Crippen LogP contribution in [0.5, 0.6) is 0 Å². The van der Waals surface area contributed by atoms with Crippen molar-refractivity contribution in [3.05, 3.63) is 58.5 Å². The molecule has 0 saturated heterocycles. The fourth-order valence-corrected chi connectivity index (χ4v) is 4.30. The van der Waals surface area contributed by atoms with Crippen LogP contribution in [0, 0.1) is 6.92 Å². The maximum absolute atomic E-state index is 12.6. The number of hydrogen-bond donors (Lipinski definition) is 1. The number of fused-ring (bicyclic) bond motifs is 1. The first-order chi connectivity index (χ1) is 14.3. The fourth-order valence-electron chi connectivity index (χ4n) is 4.16. The van der Waals surface area contributed by atoms with Gasteiger partial charge in [0.05, 0.1) is 5.60 Å². The van der Waals surface area contributed by atoms with Gasteiger partial charge in [0.15, 0.2) is 5.65 Å². The number of benzene rings is 1. The predicted octanol–water partition coefficient (Wildman–Crippen LogP) is 5.31. The fraction of sp³-hybridized carbons (Fsp3) is 0.458. The lowest BCUT2D eigenvalue weighted by Crippen LogP contribution is -2.25. The SMILES string of the molecule is Cc1cc2nc(CCCC(=O)C[C@](C)(O)c3ccccc3)n(C3CCC3)c2nc1Cl. The molecule has 1 aliphatic carbocycles. The average molecular weight is 426 g/mol. The molecule has 0 bridgehead atoms. The van der Waals surface area contributed by atoms with E-state index in [-0.39, 0.29) is 12.2 Å². The lowest BCUT2D eigenvalue weighted by atomic mass is 9.89. The van der Waals surface area contributed by atoms with Crippen LogP contribution >= 0.6 is 11.6 Å². The van der Waals surface area contributed by atoms with Crippen molar-refractivity contribution >= 4 is 28.5 Å².